The quantitative estimate of drug-likeness (QED) is 0.0320. The van der Waals surface area contributed by atoms with E-state index >= 15 is 0 Å². The number of nitrogens with one attached hydrogen (secondary N) is 5. The van der Waals surface area contributed by atoms with Crippen molar-refractivity contribution >= 4 is 70.0 Å². The third-order valence-electron chi connectivity index (χ3n) is 11.5. The van der Waals surface area contributed by atoms with Crippen molar-refractivity contribution in [3.8, 4) is 0 Å². The lowest BCUT2D eigenvalue weighted by Crippen LogP contribution is -2.55. The predicted octanol–water partition coefficient (Wildman–Crippen LogP) is 6.11. The van der Waals surface area contributed by atoms with Gasteiger partial charge in [0.15, 0.2) is 0 Å². The number of hydrogen-bond acceptors (Lipinski definition) is 8. The van der Waals surface area contributed by atoms with Crippen LogP contribution >= 0.6 is 24.8 Å². The van der Waals surface area contributed by atoms with Crippen LogP contribution in [0.2, 0.25) is 0 Å². The molecule has 65 heavy (non-hydrogen) atoms. The molecule has 0 aliphatic carbocycles. The summed E-state index contributed by atoms with van der Waals surface area (Å²) < 4.78 is 0. The van der Waals surface area contributed by atoms with E-state index in [0.29, 0.717) is 50.8 Å². The lowest BCUT2D eigenvalue weighted by atomic mass is 9.87. The molecule has 0 aliphatic heterocycles. The average molecular weight is 935 g/mol. The molecule has 0 bridgehead atoms. The molecule has 5 aromatic rings. The van der Waals surface area contributed by atoms with Crippen molar-refractivity contribution in [3.63, 3.8) is 0 Å². The number of unbranched alkanes of at least 4 members (excludes halogenated alkanes) is 1. The molecule has 4 aromatic carbocycles. The first-order valence-electron chi connectivity index (χ1n) is 22.4. The number of aliphatic hydroxyl groups excluding tert-OH is 2. The molecule has 1 aromatic heterocycles. The van der Waals surface area contributed by atoms with E-state index in [-0.39, 0.29) is 74.0 Å². The molecule has 5 unspecified atom stereocenters. The van der Waals surface area contributed by atoms with Crippen molar-refractivity contribution < 1.29 is 29.4 Å². The predicted molar refractivity (Wildman–Crippen MR) is 263 cm³/mol. The van der Waals surface area contributed by atoms with Gasteiger partial charge in [0, 0.05) is 36.8 Å². The second-order valence-electron chi connectivity index (χ2n) is 17.7. The number of halogens is 2. The maximum absolute atomic E-state index is 14.7. The van der Waals surface area contributed by atoms with Gasteiger partial charge in [-0.3, -0.25) is 19.2 Å². The summed E-state index contributed by atoms with van der Waals surface area (Å²) in [5, 5.41) is 36.8. The first-order chi connectivity index (χ1) is 30.3. The number of aromatic amines is 1. The number of aliphatic hydroxyl groups is 2. The normalized spacial score (nSPS) is 13.6. The molecule has 15 heteroatoms. The number of H-pyrrole nitrogens is 1. The van der Waals surface area contributed by atoms with Gasteiger partial charge in [-0.25, -0.2) is 4.98 Å². The summed E-state index contributed by atoms with van der Waals surface area (Å²) in [4.78, 5) is 63.0. The lowest BCUT2D eigenvalue weighted by molar-refractivity contribution is -0.133. The topological polar surface area (TPSA) is 212 Å². The minimum absolute atomic E-state index is 0. The van der Waals surface area contributed by atoms with Gasteiger partial charge in [-0.1, -0.05) is 119 Å². The number of imidazole rings is 1. The number of nitrogens with zero attached hydrogens (tertiary/aromatic N) is 1. The summed E-state index contributed by atoms with van der Waals surface area (Å²) in [6.07, 6.45) is 5.24. The second-order valence-corrected chi connectivity index (χ2v) is 17.7. The van der Waals surface area contributed by atoms with Crippen LogP contribution in [0.25, 0.3) is 21.5 Å². The Morgan fingerprint density at radius 2 is 1.28 bits per heavy atom. The van der Waals surface area contributed by atoms with Gasteiger partial charge in [0.1, 0.15) is 12.1 Å². The van der Waals surface area contributed by atoms with Crippen molar-refractivity contribution in [1.29, 1.82) is 0 Å². The second kappa shape index (κ2) is 27.4. The smallest absolute Gasteiger partial charge is 0.243 e. The molecule has 0 spiro atoms. The molecule has 9 N–H and O–H groups in total. The Morgan fingerprint density at radius 1 is 0.692 bits per heavy atom. The van der Waals surface area contributed by atoms with E-state index in [4.69, 9.17) is 10.8 Å². The van der Waals surface area contributed by atoms with Crippen LogP contribution in [-0.4, -0.2) is 87.2 Å². The molecule has 0 saturated heterocycles. The Morgan fingerprint density at radius 3 is 1.83 bits per heavy atom. The number of fused-ring (bicyclic) bond motifs is 2. The van der Waals surface area contributed by atoms with Gasteiger partial charge < -0.3 is 42.2 Å². The van der Waals surface area contributed by atoms with Gasteiger partial charge in [-0.15, -0.1) is 24.8 Å². The molecule has 0 fully saturated rings. The molecular formula is C50H69Cl2N7O6. The number of hydrogen-bond donors (Lipinski definition) is 8. The van der Waals surface area contributed by atoms with Crippen molar-refractivity contribution in [2.45, 2.75) is 116 Å². The van der Waals surface area contributed by atoms with Gasteiger partial charge in [0.25, 0.3) is 0 Å². The number of benzene rings is 4. The van der Waals surface area contributed by atoms with Crippen LogP contribution in [0.5, 0.6) is 0 Å². The SMILES string of the molecule is CC(C)CC(NC(=O)CC(O)C(CC(C)C)NC(=O)C(Cc1cnc[nH]1)NC(=O)C(Cc1cccc2ccccc12)Cc1cccc2ccccc12)C(=O)NCCCCC(N)CO.Cl.Cl. The highest BCUT2D eigenvalue weighted by Crippen LogP contribution is 2.27. The van der Waals surface area contributed by atoms with E-state index < -0.39 is 42.0 Å². The van der Waals surface area contributed by atoms with E-state index in [0.717, 1.165) is 39.1 Å². The van der Waals surface area contributed by atoms with Gasteiger partial charge in [-0.05, 0) is 83.0 Å². The van der Waals surface area contributed by atoms with Crippen molar-refractivity contribution in [2.75, 3.05) is 13.2 Å². The summed E-state index contributed by atoms with van der Waals surface area (Å²) >= 11 is 0. The number of rotatable bonds is 25. The molecule has 5 atom stereocenters. The molecule has 5 rings (SSSR count). The molecule has 354 valence electrons. The van der Waals surface area contributed by atoms with E-state index in [1.807, 2.05) is 76.2 Å². The van der Waals surface area contributed by atoms with Gasteiger partial charge in [-0.2, -0.15) is 0 Å². The Balaban J connectivity index is 0.00000561. The van der Waals surface area contributed by atoms with Crippen molar-refractivity contribution in [2.24, 2.45) is 23.5 Å². The lowest BCUT2D eigenvalue weighted by Gasteiger charge is -2.29. The first kappa shape index (κ1) is 54.3. The number of aromatic nitrogens is 2. The molecule has 1 heterocycles. The highest BCUT2D eigenvalue weighted by atomic mass is 35.5. The monoisotopic (exact) mass is 933 g/mol. The van der Waals surface area contributed by atoms with Crippen LogP contribution < -0.4 is 27.0 Å². The molecule has 4 amide bonds. The van der Waals surface area contributed by atoms with E-state index in [1.165, 1.54) is 6.33 Å². The highest BCUT2D eigenvalue weighted by Gasteiger charge is 2.32. The highest BCUT2D eigenvalue weighted by molar-refractivity contribution is 5.92. The zero-order chi connectivity index (χ0) is 45.3. The van der Waals surface area contributed by atoms with Crippen LogP contribution in [0.4, 0.5) is 0 Å². The van der Waals surface area contributed by atoms with Crippen LogP contribution in [0.3, 0.4) is 0 Å². The number of carbonyl (C=O) groups excluding carboxylic acids is 4. The summed E-state index contributed by atoms with van der Waals surface area (Å²) in [5.41, 5.74) is 8.47. The molecule has 0 radical (unpaired) electrons. The third kappa shape index (κ3) is 17.0. The molecular weight excluding hydrogens is 865 g/mol. The fourth-order valence-corrected chi connectivity index (χ4v) is 8.19. The summed E-state index contributed by atoms with van der Waals surface area (Å²) in [5.74, 6) is -2.06. The minimum Gasteiger partial charge on any atom is -0.395 e. The van der Waals surface area contributed by atoms with Crippen LogP contribution in [0.15, 0.2) is 97.5 Å². The number of carbonyl (C=O) groups is 4. The van der Waals surface area contributed by atoms with Crippen LogP contribution in [0, 0.1) is 17.8 Å². The number of nitrogens with two attached hydrogens (primary N) is 1. The largest absolute Gasteiger partial charge is 0.395 e. The third-order valence-corrected chi connectivity index (χ3v) is 11.5. The maximum Gasteiger partial charge on any atom is 0.243 e. The number of amides is 4. The maximum atomic E-state index is 14.7. The zero-order valence-corrected chi connectivity index (χ0v) is 39.6. The van der Waals surface area contributed by atoms with Crippen molar-refractivity contribution in [3.05, 3.63) is 114 Å². The standard InChI is InChI=1S/C50H67N7O6.2ClH/c1-32(2)23-43(46(59)28-47(60)55-44(24-33(3)4)49(62)53-22-10-9-19-39(51)30-58)56-50(63)45(27-40-29-52-31-54-40)57-48(61)38(25-36-17-11-15-34-13-5-7-20-41(34)36)26-37-18-12-16-35-14-6-8-21-42(35)37;;/h5-8,11-18,20-21,29,31-33,38-39,43-46,58-59H,9-10,19,22-28,30,51H2,1-4H3,(H,52,54)(H,53,62)(H,55,60)(H,56,63)(H,57,61);2*1H. The Kier molecular flexibility index (Phi) is 22.9. The molecule has 13 nitrogen and oxygen atoms in total. The summed E-state index contributed by atoms with van der Waals surface area (Å²) in [6, 6.07) is 25.4. The Bertz CT molecular complexity index is 2150. The van der Waals surface area contributed by atoms with Crippen molar-refractivity contribution in [1.82, 2.24) is 31.2 Å². The average Bonchev–Trinajstić information content (AvgIpc) is 3.78. The zero-order valence-electron chi connectivity index (χ0n) is 38.0. The van der Waals surface area contributed by atoms with Gasteiger partial charge in [0.2, 0.25) is 23.6 Å². The van der Waals surface area contributed by atoms with Crippen LogP contribution in [0.1, 0.15) is 83.0 Å². The molecule has 0 saturated carbocycles. The van der Waals surface area contributed by atoms with E-state index in [9.17, 15) is 24.3 Å². The Labute approximate surface area is 395 Å². The Hall–Kier alpha value is -5.05. The van der Waals surface area contributed by atoms with E-state index in [2.05, 4.69) is 67.6 Å². The van der Waals surface area contributed by atoms with Gasteiger partial charge >= 0.3 is 0 Å². The molecule has 0 aliphatic rings. The summed E-state index contributed by atoms with van der Waals surface area (Å²) in [6.45, 7) is 8.14. The van der Waals surface area contributed by atoms with Crippen LogP contribution in [-0.2, 0) is 38.4 Å². The van der Waals surface area contributed by atoms with Gasteiger partial charge in [0.05, 0.1) is 31.5 Å². The fourth-order valence-electron chi connectivity index (χ4n) is 8.19. The minimum atomic E-state index is -1.29. The summed E-state index contributed by atoms with van der Waals surface area (Å²) in [7, 11) is 0. The van der Waals surface area contributed by atoms with E-state index in [1.54, 1.807) is 6.20 Å². The fraction of sp³-hybridized carbons (Fsp3) is 0.460. The first-order valence-corrected chi connectivity index (χ1v) is 22.4.